The van der Waals surface area contributed by atoms with E-state index in [4.69, 9.17) is 11.6 Å². The third-order valence-electron chi connectivity index (χ3n) is 4.61. The highest BCUT2D eigenvalue weighted by molar-refractivity contribution is 6.30. The number of halogens is 1. The number of nitrogens with one attached hydrogen (secondary N) is 1. The fourth-order valence-electron chi connectivity index (χ4n) is 3.54. The maximum absolute atomic E-state index is 12.4. The van der Waals surface area contributed by atoms with Gasteiger partial charge in [-0.3, -0.25) is 0 Å². The second-order valence-electron chi connectivity index (χ2n) is 6.66. The summed E-state index contributed by atoms with van der Waals surface area (Å²) in [7, 11) is 0. The van der Waals surface area contributed by atoms with E-state index >= 15 is 0 Å². The molecule has 1 aliphatic heterocycles. The van der Waals surface area contributed by atoms with Gasteiger partial charge in [0.2, 0.25) is 0 Å². The van der Waals surface area contributed by atoms with E-state index in [2.05, 4.69) is 43.1 Å². The summed E-state index contributed by atoms with van der Waals surface area (Å²) in [5.74, 6) is 0. The van der Waals surface area contributed by atoms with Crippen LogP contribution in [0.2, 0.25) is 5.02 Å². The van der Waals surface area contributed by atoms with Gasteiger partial charge >= 0.3 is 6.03 Å². The molecule has 1 N–H and O–H groups in total. The highest BCUT2D eigenvalue weighted by Crippen LogP contribution is 2.27. The van der Waals surface area contributed by atoms with Crippen LogP contribution in [-0.2, 0) is 0 Å². The van der Waals surface area contributed by atoms with Crippen LogP contribution in [0, 0.1) is 20.8 Å². The molecule has 1 fully saturated rings. The summed E-state index contributed by atoms with van der Waals surface area (Å²) < 4.78 is 0. The van der Waals surface area contributed by atoms with Gasteiger partial charge in [-0.15, -0.1) is 0 Å². The van der Waals surface area contributed by atoms with Crippen LogP contribution in [-0.4, -0.2) is 37.1 Å². The van der Waals surface area contributed by atoms with Crippen molar-refractivity contribution in [1.29, 1.82) is 0 Å². The lowest BCUT2D eigenvalue weighted by molar-refractivity contribution is 0.208. The molecule has 1 aliphatic rings. The molecule has 1 heterocycles. The van der Waals surface area contributed by atoms with E-state index in [1.54, 1.807) is 12.1 Å². The SMILES string of the molecule is Cc1cc(C)c(N2CCN(C(=O)Nc3ccc(Cl)cc3)CC2)c(C)c1. The average molecular weight is 358 g/mol. The van der Waals surface area contributed by atoms with Crippen LogP contribution < -0.4 is 10.2 Å². The number of carbonyl (C=O) groups is 1. The highest BCUT2D eigenvalue weighted by Gasteiger charge is 2.23. The van der Waals surface area contributed by atoms with E-state index in [0.29, 0.717) is 18.1 Å². The number of nitrogens with zero attached hydrogens (tertiary/aromatic N) is 2. The molecule has 0 atom stereocenters. The van der Waals surface area contributed by atoms with Crippen LogP contribution in [0.15, 0.2) is 36.4 Å². The van der Waals surface area contributed by atoms with Crippen LogP contribution >= 0.6 is 11.6 Å². The number of hydrogen-bond donors (Lipinski definition) is 1. The van der Waals surface area contributed by atoms with Crippen LogP contribution in [0.1, 0.15) is 16.7 Å². The second-order valence-corrected chi connectivity index (χ2v) is 7.09. The van der Waals surface area contributed by atoms with Crippen molar-refractivity contribution in [2.75, 3.05) is 36.4 Å². The first-order valence-electron chi connectivity index (χ1n) is 8.58. The summed E-state index contributed by atoms with van der Waals surface area (Å²) >= 11 is 5.88. The van der Waals surface area contributed by atoms with Gasteiger partial charge in [-0.25, -0.2) is 4.79 Å². The predicted molar refractivity (Wildman–Crippen MR) is 105 cm³/mol. The Morgan fingerprint density at radius 2 is 1.52 bits per heavy atom. The first kappa shape index (κ1) is 17.6. The van der Waals surface area contributed by atoms with Crippen molar-refractivity contribution >= 4 is 29.0 Å². The lowest BCUT2D eigenvalue weighted by atomic mass is 10.0. The number of anilines is 2. The number of carbonyl (C=O) groups excluding carboxylic acids is 1. The van der Waals surface area contributed by atoms with Crippen LogP contribution in [0.4, 0.5) is 16.2 Å². The summed E-state index contributed by atoms with van der Waals surface area (Å²) in [6.45, 7) is 9.57. The Bertz CT molecular complexity index is 742. The zero-order valence-corrected chi connectivity index (χ0v) is 15.7. The molecule has 0 aliphatic carbocycles. The molecule has 2 aromatic rings. The van der Waals surface area contributed by atoms with Crippen molar-refractivity contribution in [3.63, 3.8) is 0 Å². The number of amides is 2. The van der Waals surface area contributed by atoms with Gasteiger partial charge in [0.25, 0.3) is 0 Å². The molecule has 0 saturated carbocycles. The van der Waals surface area contributed by atoms with Crippen molar-refractivity contribution < 1.29 is 4.79 Å². The lowest BCUT2D eigenvalue weighted by Gasteiger charge is -2.37. The first-order chi connectivity index (χ1) is 11.9. The van der Waals surface area contributed by atoms with E-state index in [-0.39, 0.29) is 6.03 Å². The summed E-state index contributed by atoms with van der Waals surface area (Å²) in [6.07, 6.45) is 0. The third-order valence-corrected chi connectivity index (χ3v) is 4.87. The summed E-state index contributed by atoms with van der Waals surface area (Å²) in [6, 6.07) is 11.6. The molecular formula is C20H24ClN3O. The largest absolute Gasteiger partial charge is 0.368 e. The van der Waals surface area contributed by atoms with E-state index in [1.165, 1.54) is 22.4 Å². The maximum atomic E-state index is 12.4. The molecule has 5 heteroatoms. The van der Waals surface area contributed by atoms with Gasteiger partial charge in [-0.2, -0.15) is 0 Å². The molecule has 0 bridgehead atoms. The average Bonchev–Trinajstić information content (AvgIpc) is 2.56. The van der Waals surface area contributed by atoms with Crippen LogP contribution in [0.5, 0.6) is 0 Å². The van der Waals surface area contributed by atoms with Crippen LogP contribution in [0.3, 0.4) is 0 Å². The molecule has 132 valence electrons. The Balaban J connectivity index is 1.62. The second kappa shape index (κ2) is 7.36. The van der Waals surface area contributed by atoms with Gasteiger partial charge in [0.15, 0.2) is 0 Å². The first-order valence-corrected chi connectivity index (χ1v) is 8.96. The molecule has 0 radical (unpaired) electrons. The van der Waals surface area contributed by atoms with E-state index < -0.39 is 0 Å². The molecular weight excluding hydrogens is 334 g/mol. The normalized spacial score (nSPS) is 14.6. The molecule has 0 aromatic heterocycles. The van der Waals surface area contributed by atoms with Gasteiger partial charge in [-0.1, -0.05) is 29.3 Å². The lowest BCUT2D eigenvalue weighted by Crippen LogP contribution is -2.50. The topological polar surface area (TPSA) is 35.6 Å². The molecule has 2 amide bonds. The summed E-state index contributed by atoms with van der Waals surface area (Å²) in [5, 5.41) is 3.60. The fourth-order valence-corrected chi connectivity index (χ4v) is 3.67. The molecule has 4 nitrogen and oxygen atoms in total. The van der Waals surface area contributed by atoms with Gasteiger partial charge in [-0.05, 0) is 56.2 Å². The number of piperazine rings is 1. The van der Waals surface area contributed by atoms with Crippen molar-refractivity contribution in [1.82, 2.24) is 4.90 Å². The highest BCUT2D eigenvalue weighted by atomic mass is 35.5. The van der Waals surface area contributed by atoms with Crippen molar-refractivity contribution in [2.45, 2.75) is 20.8 Å². The Hall–Kier alpha value is -2.20. The molecule has 0 spiro atoms. The van der Waals surface area contributed by atoms with Gasteiger partial charge < -0.3 is 15.1 Å². The maximum Gasteiger partial charge on any atom is 0.321 e. The number of hydrogen-bond acceptors (Lipinski definition) is 2. The number of urea groups is 1. The minimum absolute atomic E-state index is 0.0562. The fraction of sp³-hybridized carbons (Fsp3) is 0.350. The van der Waals surface area contributed by atoms with E-state index in [0.717, 1.165) is 18.8 Å². The van der Waals surface area contributed by atoms with Crippen molar-refractivity contribution in [3.05, 3.63) is 58.1 Å². The molecule has 3 rings (SSSR count). The number of aryl methyl sites for hydroxylation is 3. The monoisotopic (exact) mass is 357 g/mol. The van der Waals surface area contributed by atoms with Gasteiger partial charge in [0, 0.05) is 42.6 Å². The zero-order valence-electron chi connectivity index (χ0n) is 15.0. The Kier molecular flexibility index (Phi) is 5.19. The zero-order chi connectivity index (χ0) is 18.0. The van der Waals surface area contributed by atoms with Gasteiger partial charge in [0.05, 0.1) is 0 Å². The molecule has 25 heavy (non-hydrogen) atoms. The van der Waals surface area contributed by atoms with Crippen LogP contribution in [0.25, 0.3) is 0 Å². The Labute approximate surface area is 154 Å². The molecule has 1 saturated heterocycles. The summed E-state index contributed by atoms with van der Waals surface area (Å²) in [5.41, 5.74) is 5.97. The van der Waals surface area contributed by atoms with Gasteiger partial charge in [0.1, 0.15) is 0 Å². The predicted octanol–water partition coefficient (Wildman–Crippen LogP) is 4.62. The van der Waals surface area contributed by atoms with E-state index in [9.17, 15) is 4.79 Å². The van der Waals surface area contributed by atoms with Crippen molar-refractivity contribution in [2.24, 2.45) is 0 Å². The minimum Gasteiger partial charge on any atom is -0.368 e. The Morgan fingerprint density at radius 1 is 0.960 bits per heavy atom. The Morgan fingerprint density at radius 3 is 2.08 bits per heavy atom. The number of benzene rings is 2. The third kappa shape index (κ3) is 4.07. The molecule has 0 unspecified atom stereocenters. The quantitative estimate of drug-likeness (QED) is 0.851. The number of rotatable bonds is 2. The smallest absolute Gasteiger partial charge is 0.321 e. The van der Waals surface area contributed by atoms with Crippen molar-refractivity contribution in [3.8, 4) is 0 Å². The standard InChI is InChI=1S/C20H24ClN3O/c1-14-12-15(2)19(16(3)13-14)23-8-10-24(11-9-23)20(25)22-18-6-4-17(21)5-7-18/h4-7,12-13H,8-11H2,1-3H3,(H,22,25). The minimum atomic E-state index is -0.0562. The van der Waals surface area contributed by atoms with E-state index in [1.807, 2.05) is 17.0 Å². The molecule has 2 aromatic carbocycles. The summed E-state index contributed by atoms with van der Waals surface area (Å²) in [4.78, 5) is 16.7.